The predicted molar refractivity (Wildman–Crippen MR) is 115 cm³/mol. The summed E-state index contributed by atoms with van der Waals surface area (Å²) in [6, 6.07) is 11.1. The van der Waals surface area contributed by atoms with E-state index in [1.807, 2.05) is 13.8 Å². The van der Waals surface area contributed by atoms with Gasteiger partial charge in [0.25, 0.3) is 17.7 Å². The van der Waals surface area contributed by atoms with E-state index in [1.54, 1.807) is 12.1 Å². The molecule has 9 heteroatoms. The van der Waals surface area contributed by atoms with Crippen molar-refractivity contribution in [2.24, 2.45) is 11.7 Å². The SMILES string of the molecule is CC(C)CC(C(=O)OCC(=O)Nc1ccc(C(N)=O)cc1)N1C(=O)c2ccccc2C1=O. The van der Waals surface area contributed by atoms with Gasteiger partial charge in [-0.25, -0.2) is 4.79 Å². The summed E-state index contributed by atoms with van der Waals surface area (Å²) in [5, 5.41) is 2.53. The molecule has 1 atom stereocenters. The van der Waals surface area contributed by atoms with Gasteiger partial charge in [-0.15, -0.1) is 0 Å². The van der Waals surface area contributed by atoms with Crippen LogP contribution in [0.1, 0.15) is 51.3 Å². The molecule has 2 aromatic carbocycles. The number of nitrogens with one attached hydrogen (secondary N) is 1. The van der Waals surface area contributed by atoms with Crippen molar-refractivity contribution in [1.82, 2.24) is 4.90 Å². The summed E-state index contributed by atoms with van der Waals surface area (Å²) in [7, 11) is 0. The Morgan fingerprint density at radius 1 is 0.969 bits per heavy atom. The molecular weight excluding hydrogens is 414 g/mol. The van der Waals surface area contributed by atoms with E-state index in [-0.39, 0.29) is 29.0 Å². The van der Waals surface area contributed by atoms with E-state index < -0.39 is 42.2 Å². The lowest BCUT2D eigenvalue weighted by Crippen LogP contribution is -2.46. The number of carbonyl (C=O) groups is 5. The molecule has 3 rings (SSSR count). The van der Waals surface area contributed by atoms with Gasteiger partial charge in [-0.05, 0) is 48.7 Å². The number of benzene rings is 2. The lowest BCUT2D eigenvalue weighted by Gasteiger charge is -2.25. The minimum atomic E-state index is -1.15. The Balaban J connectivity index is 1.66. The largest absolute Gasteiger partial charge is 0.454 e. The zero-order valence-electron chi connectivity index (χ0n) is 17.7. The molecule has 2 aromatic rings. The zero-order chi connectivity index (χ0) is 23.4. The standard InChI is InChI=1S/C23H23N3O6/c1-13(2)11-18(26-21(29)16-5-3-4-6-17(16)22(26)30)23(31)32-12-19(27)25-15-9-7-14(8-10-15)20(24)28/h3-10,13,18H,11-12H2,1-2H3,(H2,24,28)(H,25,27). The quantitative estimate of drug-likeness (QED) is 0.479. The molecule has 0 spiro atoms. The summed E-state index contributed by atoms with van der Waals surface area (Å²) >= 11 is 0. The fourth-order valence-corrected chi connectivity index (χ4v) is 3.39. The fraction of sp³-hybridized carbons (Fsp3) is 0.261. The van der Waals surface area contributed by atoms with Crippen molar-refractivity contribution in [2.75, 3.05) is 11.9 Å². The number of amides is 4. The first-order valence-corrected chi connectivity index (χ1v) is 10.0. The van der Waals surface area contributed by atoms with Crippen LogP contribution in [0.15, 0.2) is 48.5 Å². The molecule has 3 N–H and O–H groups in total. The molecule has 0 aromatic heterocycles. The number of anilines is 1. The second kappa shape index (κ2) is 9.42. The Morgan fingerprint density at radius 3 is 2.03 bits per heavy atom. The first-order valence-electron chi connectivity index (χ1n) is 10.0. The molecule has 0 aliphatic carbocycles. The molecule has 9 nitrogen and oxygen atoms in total. The summed E-state index contributed by atoms with van der Waals surface area (Å²) in [4.78, 5) is 62.5. The van der Waals surface area contributed by atoms with E-state index in [4.69, 9.17) is 10.5 Å². The van der Waals surface area contributed by atoms with Gasteiger partial charge in [0.15, 0.2) is 6.61 Å². The topological polar surface area (TPSA) is 136 Å². The van der Waals surface area contributed by atoms with E-state index in [0.717, 1.165) is 4.90 Å². The molecule has 0 saturated heterocycles. The second-order valence-corrected chi connectivity index (χ2v) is 7.77. The monoisotopic (exact) mass is 437 g/mol. The number of ether oxygens (including phenoxy) is 1. The van der Waals surface area contributed by atoms with Crippen LogP contribution in [0, 0.1) is 5.92 Å². The number of rotatable bonds is 8. The normalized spacial score (nSPS) is 13.7. The van der Waals surface area contributed by atoms with Crippen LogP contribution in [0.2, 0.25) is 0 Å². The van der Waals surface area contributed by atoms with Gasteiger partial charge in [0, 0.05) is 11.3 Å². The second-order valence-electron chi connectivity index (χ2n) is 7.77. The molecule has 1 aliphatic heterocycles. The average Bonchev–Trinajstić information content (AvgIpc) is 3.01. The number of nitrogens with two attached hydrogens (primary N) is 1. The predicted octanol–water partition coefficient (Wildman–Crippen LogP) is 1.98. The number of carbonyl (C=O) groups excluding carboxylic acids is 5. The minimum absolute atomic E-state index is 0.0190. The third-order valence-corrected chi connectivity index (χ3v) is 4.90. The van der Waals surface area contributed by atoms with Crippen molar-refractivity contribution in [3.63, 3.8) is 0 Å². The van der Waals surface area contributed by atoms with Crippen molar-refractivity contribution in [1.29, 1.82) is 0 Å². The van der Waals surface area contributed by atoms with Crippen LogP contribution in [0.4, 0.5) is 5.69 Å². The highest BCUT2D eigenvalue weighted by Gasteiger charge is 2.43. The molecule has 4 amide bonds. The van der Waals surface area contributed by atoms with Crippen LogP contribution in [0.25, 0.3) is 0 Å². The Bertz CT molecular complexity index is 1040. The molecule has 0 bridgehead atoms. The van der Waals surface area contributed by atoms with Gasteiger partial charge >= 0.3 is 5.97 Å². The highest BCUT2D eigenvalue weighted by Crippen LogP contribution is 2.27. The number of esters is 1. The highest BCUT2D eigenvalue weighted by molar-refractivity contribution is 6.22. The van der Waals surface area contributed by atoms with Crippen molar-refractivity contribution < 1.29 is 28.7 Å². The van der Waals surface area contributed by atoms with Crippen LogP contribution >= 0.6 is 0 Å². The van der Waals surface area contributed by atoms with E-state index in [2.05, 4.69) is 5.32 Å². The van der Waals surface area contributed by atoms with Gasteiger partial charge in [0.05, 0.1) is 11.1 Å². The van der Waals surface area contributed by atoms with Gasteiger partial charge in [-0.2, -0.15) is 0 Å². The molecule has 0 fully saturated rings. The lowest BCUT2D eigenvalue weighted by atomic mass is 10.0. The van der Waals surface area contributed by atoms with E-state index in [1.165, 1.54) is 36.4 Å². The highest BCUT2D eigenvalue weighted by atomic mass is 16.5. The number of primary amides is 1. The van der Waals surface area contributed by atoms with Gasteiger partial charge < -0.3 is 15.8 Å². The number of nitrogens with zero attached hydrogens (tertiary/aromatic N) is 1. The number of fused-ring (bicyclic) bond motifs is 1. The van der Waals surface area contributed by atoms with E-state index in [9.17, 15) is 24.0 Å². The van der Waals surface area contributed by atoms with E-state index >= 15 is 0 Å². The Kier molecular flexibility index (Phi) is 6.67. The lowest BCUT2D eigenvalue weighted by molar-refractivity contribution is -0.151. The number of hydrogen-bond acceptors (Lipinski definition) is 6. The molecule has 1 heterocycles. The average molecular weight is 437 g/mol. The maximum Gasteiger partial charge on any atom is 0.329 e. The maximum atomic E-state index is 12.8. The molecule has 1 aliphatic rings. The number of hydrogen-bond donors (Lipinski definition) is 2. The Hall–Kier alpha value is -4.01. The smallest absolute Gasteiger partial charge is 0.329 e. The molecule has 1 unspecified atom stereocenters. The minimum Gasteiger partial charge on any atom is -0.454 e. The first kappa shape index (κ1) is 22.7. The maximum absolute atomic E-state index is 12.8. The van der Waals surface area contributed by atoms with Crippen molar-refractivity contribution in [3.05, 3.63) is 65.2 Å². The summed E-state index contributed by atoms with van der Waals surface area (Å²) in [5.41, 5.74) is 6.31. The van der Waals surface area contributed by atoms with Crippen LogP contribution in [-0.2, 0) is 14.3 Å². The Labute approximate surface area is 184 Å². The van der Waals surface area contributed by atoms with Crippen molar-refractivity contribution in [2.45, 2.75) is 26.3 Å². The van der Waals surface area contributed by atoms with Gasteiger partial charge in [-0.1, -0.05) is 26.0 Å². The van der Waals surface area contributed by atoms with Crippen molar-refractivity contribution >= 4 is 35.3 Å². The number of imide groups is 1. The van der Waals surface area contributed by atoms with Crippen LogP contribution in [0.5, 0.6) is 0 Å². The van der Waals surface area contributed by atoms with Gasteiger partial charge in [0.2, 0.25) is 5.91 Å². The third kappa shape index (κ3) is 4.83. The zero-order valence-corrected chi connectivity index (χ0v) is 17.7. The molecule has 166 valence electrons. The van der Waals surface area contributed by atoms with Crippen LogP contribution in [0.3, 0.4) is 0 Å². The third-order valence-electron chi connectivity index (χ3n) is 4.90. The van der Waals surface area contributed by atoms with E-state index in [0.29, 0.717) is 5.69 Å². The summed E-state index contributed by atoms with van der Waals surface area (Å²) in [6.45, 7) is 3.09. The molecular formula is C23H23N3O6. The summed E-state index contributed by atoms with van der Waals surface area (Å²) in [6.07, 6.45) is 0.195. The first-order chi connectivity index (χ1) is 15.2. The molecule has 32 heavy (non-hydrogen) atoms. The van der Waals surface area contributed by atoms with Crippen LogP contribution < -0.4 is 11.1 Å². The van der Waals surface area contributed by atoms with Gasteiger partial charge in [-0.3, -0.25) is 24.1 Å². The summed E-state index contributed by atoms with van der Waals surface area (Å²) < 4.78 is 5.14. The van der Waals surface area contributed by atoms with Crippen molar-refractivity contribution in [3.8, 4) is 0 Å². The summed E-state index contributed by atoms with van der Waals surface area (Å²) in [5.74, 6) is -3.20. The molecule has 0 radical (unpaired) electrons. The Morgan fingerprint density at radius 2 is 1.53 bits per heavy atom. The van der Waals surface area contributed by atoms with Crippen LogP contribution in [-0.4, -0.2) is 47.1 Å². The fourth-order valence-electron chi connectivity index (χ4n) is 3.39. The molecule has 0 saturated carbocycles. The van der Waals surface area contributed by atoms with Gasteiger partial charge in [0.1, 0.15) is 6.04 Å².